The van der Waals surface area contributed by atoms with Crippen molar-refractivity contribution in [2.45, 2.75) is 33.0 Å². The Bertz CT molecular complexity index is 1270. The molecule has 5 rings (SSSR count). The van der Waals surface area contributed by atoms with E-state index in [-0.39, 0.29) is 12.2 Å². The molecule has 7 nitrogen and oxygen atoms in total. The molecule has 8 heteroatoms. The first-order chi connectivity index (χ1) is 14.6. The van der Waals surface area contributed by atoms with Gasteiger partial charge < -0.3 is 4.90 Å². The number of aryl methyl sites for hydroxylation is 1. The third-order valence-electron chi connectivity index (χ3n) is 5.48. The molecule has 2 aromatic heterocycles. The van der Waals surface area contributed by atoms with Crippen molar-refractivity contribution in [3.63, 3.8) is 0 Å². The van der Waals surface area contributed by atoms with Crippen LogP contribution in [0, 0.1) is 6.92 Å². The summed E-state index contributed by atoms with van der Waals surface area (Å²) in [5.74, 6) is 0.759. The van der Waals surface area contributed by atoms with E-state index in [1.807, 2.05) is 30.8 Å². The lowest BCUT2D eigenvalue weighted by Gasteiger charge is -2.38. The Kier molecular flexibility index (Phi) is 4.63. The Hall–Kier alpha value is -3.39. The normalized spacial score (nSPS) is 17.4. The largest absolute Gasteiger partial charge is 0.343 e. The van der Waals surface area contributed by atoms with Crippen molar-refractivity contribution >= 4 is 33.5 Å². The molecule has 1 aliphatic rings. The summed E-state index contributed by atoms with van der Waals surface area (Å²) in [7, 11) is 0. The van der Waals surface area contributed by atoms with Gasteiger partial charge in [-0.3, -0.25) is 4.99 Å². The standard InChI is InChI=1S/C22H21N7S/c1-14(17-5-4-6-19(11-17)29-16(3)25-26-27-29)28-15(2)23-10-9-21(28)18-7-8-20-22(12-18)30-13-24-20/h4-15H,1-3H3. The Morgan fingerprint density at radius 1 is 1.13 bits per heavy atom. The summed E-state index contributed by atoms with van der Waals surface area (Å²) >= 11 is 1.66. The van der Waals surface area contributed by atoms with Gasteiger partial charge in [-0.05, 0) is 72.7 Å². The highest BCUT2D eigenvalue weighted by molar-refractivity contribution is 7.16. The van der Waals surface area contributed by atoms with Crippen molar-refractivity contribution in [2.75, 3.05) is 0 Å². The number of benzene rings is 2. The molecule has 2 unspecified atom stereocenters. The zero-order valence-corrected chi connectivity index (χ0v) is 17.8. The van der Waals surface area contributed by atoms with Crippen LogP contribution in [0.2, 0.25) is 0 Å². The number of thiazole rings is 1. The zero-order chi connectivity index (χ0) is 20.7. The summed E-state index contributed by atoms with van der Waals surface area (Å²) in [5.41, 5.74) is 7.38. The minimum atomic E-state index is 0.0237. The van der Waals surface area contributed by atoms with Crippen LogP contribution < -0.4 is 0 Å². The van der Waals surface area contributed by atoms with Crippen LogP contribution in [0.4, 0.5) is 0 Å². The van der Waals surface area contributed by atoms with Crippen LogP contribution in [-0.2, 0) is 0 Å². The molecule has 0 bridgehead atoms. The van der Waals surface area contributed by atoms with Crippen LogP contribution in [-0.4, -0.2) is 42.5 Å². The predicted octanol–water partition coefficient (Wildman–Crippen LogP) is 4.41. The van der Waals surface area contributed by atoms with Gasteiger partial charge in [-0.2, -0.15) is 4.68 Å². The van der Waals surface area contributed by atoms with E-state index in [0.717, 1.165) is 22.7 Å². The minimum Gasteiger partial charge on any atom is -0.343 e. The molecule has 0 aliphatic carbocycles. The van der Waals surface area contributed by atoms with Crippen LogP contribution in [0.25, 0.3) is 21.6 Å². The lowest BCUT2D eigenvalue weighted by atomic mass is 10.0. The van der Waals surface area contributed by atoms with Crippen molar-refractivity contribution in [1.82, 2.24) is 30.1 Å². The first-order valence-electron chi connectivity index (χ1n) is 9.82. The number of hydrogen-bond acceptors (Lipinski definition) is 7. The van der Waals surface area contributed by atoms with E-state index in [9.17, 15) is 0 Å². The number of rotatable bonds is 4. The second kappa shape index (κ2) is 7.46. The van der Waals surface area contributed by atoms with E-state index in [0.29, 0.717) is 0 Å². The zero-order valence-electron chi connectivity index (χ0n) is 17.0. The molecule has 30 heavy (non-hydrogen) atoms. The van der Waals surface area contributed by atoms with Crippen LogP contribution >= 0.6 is 11.3 Å². The van der Waals surface area contributed by atoms with Gasteiger partial charge in [0.05, 0.1) is 27.5 Å². The molecule has 150 valence electrons. The fraction of sp³-hybridized carbons (Fsp3) is 0.227. The summed E-state index contributed by atoms with van der Waals surface area (Å²) in [6, 6.07) is 14.9. The van der Waals surface area contributed by atoms with E-state index in [1.165, 1.54) is 15.8 Å². The van der Waals surface area contributed by atoms with E-state index in [4.69, 9.17) is 0 Å². The van der Waals surface area contributed by atoms with Gasteiger partial charge in [0.25, 0.3) is 0 Å². The fourth-order valence-electron chi connectivity index (χ4n) is 3.94. The van der Waals surface area contributed by atoms with Crippen molar-refractivity contribution in [3.8, 4) is 5.69 Å². The predicted molar refractivity (Wildman–Crippen MR) is 120 cm³/mol. The maximum atomic E-state index is 4.65. The number of hydrogen-bond donors (Lipinski definition) is 0. The van der Waals surface area contributed by atoms with Crippen LogP contribution in [0.15, 0.2) is 59.0 Å². The topological polar surface area (TPSA) is 72.1 Å². The quantitative estimate of drug-likeness (QED) is 0.493. The maximum absolute atomic E-state index is 4.65. The van der Waals surface area contributed by atoms with Gasteiger partial charge in [-0.15, -0.1) is 16.4 Å². The van der Waals surface area contributed by atoms with Crippen molar-refractivity contribution in [1.29, 1.82) is 0 Å². The number of aliphatic imine (C=N–C) groups is 1. The molecule has 2 aromatic carbocycles. The monoisotopic (exact) mass is 415 g/mol. The molecule has 0 spiro atoms. The van der Waals surface area contributed by atoms with Crippen LogP contribution in [0.3, 0.4) is 0 Å². The third-order valence-corrected chi connectivity index (χ3v) is 6.27. The average Bonchev–Trinajstić information content (AvgIpc) is 3.41. The number of tetrazole rings is 1. The Morgan fingerprint density at radius 3 is 2.87 bits per heavy atom. The first-order valence-corrected chi connectivity index (χ1v) is 10.7. The Balaban J connectivity index is 1.53. The maximum Gasteiger partial charge on any atom is 0.153 e. The molecule has 0 fully saturated rings. The molecule has 0 N–H and O–H groups in total. The molecule has 0 radical (unpaired) electrons. The minimum absolute atomic E-state index is 0.0237. The molecule has 0 saturated carbocycles. The number of nitrogens with zero attached hydrogens (tertiary/aromatic N) is 7. The molecular formula is C22H21N7S. The second-order valence-electron chi connectivity index (χ2n) is 7.33. The number of aromatic nitrogens is 5. The molecular weight excluding hydrogens is 394 g/mol. The molecule has 4 aromatic rings. The lowest BCUT2D eigenvalue weighted by molar-refractivity contribution is 0.252. The smallest absolute Gasteiger partial charge is 0.153 e. The van der Waals surface area contributed by atoms with E-state index in [2.05, 4.69) is 80.7 Å². The summed E-state index contributed by atoms with van der Waals surface area (Å²) in [6.45, 7) is 6.23. The Labute approximate surface area is 178 Å². The highest BCUT2D eigenvalue weighted by atomic mass is 32.1. The van der Waals surface area contributed by atoms with Crippen LogP contribution in [0.1, 0.15) is 36.8 Å². The number of allylic oxidation sites excluding steroid dienone is 1. The van der Waals surface area contributed by atoms with Gasteiger partial charge in [0.2, 0.25) is 0 Å². The summed E-state index contributed by atoms with van der Waals surface area (Å²) < 4.78 is 2.94. The molecule has 0 saturated heterocycles. The van der Waals surface area contributed by atoms with Gasteiger partial charge in [0.15, 0.2) is 5.82 Å². The average molecular weight is 416 g/mol. The van der Waals surface area contributed by atoms with Crippen LogP contribution in [0.5, 0.6) is 0 Å². The van der Waals surface area contributed by atoms with Gasteiger partial charge in [0, 0.05) is 11.9 Å². The summed E-state index contributed by atoms with van der Waals surface area (Å²) in [5, 5.41) is 11.9. The fourth-order valence-corrected chi connectivity index (χ4v) is 4.65. The second-order valence-corrected chi connectivity index (χ2v) is 8.22. The SMILES string of the molecule is Cc1nnnn1-c1cccc(C(C)N2C(c3ccc4ncsc4c3)=CC=NC2C)c1. The highest BCUT2D eigenvalue weighted by Gasteiger charge is 2.26. The van der Waals surface area contributed by atoms with E-state index < -0.39 is 0 Å². The Morgan fingerprint density at radius 2 is 2.03 bits per heavy atom. The highest BCUT2D eigenvalue weighted by Crippen LogP contribution is 2.35. The van der Waals surface area contributed by atoms with Gasteiger partial charge in [-0.1, -0.05) is 18.2 Å². The van der Waals surface area contributed by atoms with E-state index in [1.54, 1.807) is 16.0 Å². The first kappa shape index (κ1) is 18.6. The van der Waals surface area contributed by atoms with Crippen molar-refractivity contribution in [2.24, 2.45) is 4.99 Å². The summed E-state index contributed by atoms with van der Waals surface area (Å²) in [6.07, 6.45) is 4.02. The van der Waals surface area contributed by atoms with Crippen molar-refractivity contribution < 1.29 is 0 Å². The molecule has 0 amide bonds. The van der Waals surface area contributed by atoms with Gasteiger partial charge in [0.1, 0.15) is 6.17 Å². The number of fused-ring (bicyclic) bond motifs is 1. The van der Waals surface area contributed by atoms with Crippen molar-refractivity contribution in [3.05, 3.63) is 71.0 Å². The van der Waals surface area contributed by atoms with Gasteiger partial charge >= 0.3 is 0 Å². The lowest BCUT2D eigenvalue weighted by Crippen LogP contribution is -2.35. The van der Waals surface area contributed by atoms with Gasteiger partial charge in [-0.25, -0.2) is 4.98 Å². The molecule has 1 aliphatic heterocycles. The molecule has 3 heterocycles. The van der Waals surface area contributed by atoms with E-state index >= 15 is 0 Å². The molecule has 2 atom stereocenters. The third kappa shape index (κ3) is 3.19. The summed E-state index contributed by atoms with van der Waals surface area (Å²) in [4.78, 5) is 11.4.